The zero-order valence-corrected chi connectivity index (χ0v) is 13.1. The van der Waals surface area contributed by atoms with Gasteiger partial charge in [-0.1, -0.05) is 29.8 Å². The maximum atomic E-state index is 12.1. The lowest BCUT2D eigenvalue weighted by atomic mass is 10.2. The van der Waals surface area contributed by atoms with E-state index in [1.165, 1.54) is 0 Å². The molecule has 0 fully saturated rings. The molecule has 1 amide bonds. The van der Waals surface area contributed by atoms with Crippen molar-refractivity contribution in [2.45, 2.75) is 25.9 Å². The van der Waals surface area contributed by atoms with E-state index in [4.69, 9.17) is 16.3 Å². The first-order valence-electron chi connectivity index (χ1n) is 6.76. The molecule has 0 saturated carbocycles. The number of amides is 1. The standard InChI is InChI=1S/C15H23ClN2O2/c1-12(18(2)9-6-10-20-3)15(19)17-11-13-7-4-5-8-14(13)16/h4-5,7-8,12H,6,9-11H2,1-3H3,(H,17,19). The van der Waals surface area contributed by atoms with Gasteiger partial charge < -0.3 is 10.1 Å². The molecule has 5 heteroatoms. The van der Waals surface area contributed by atoms with E-state index in [1.54, 1.807) is 7.11 Å². The summed E-state index contributed by atoms with van der Waals surface area (Å²) in [5.74, 6) is 0.00448. The fourth-order valence-electron chi connectivity index (χ4n) is 1.82. The van der Waals surface area contributed by atoms with Crippen molar-refractivity contribution in [2.24, 2.45) is 0 Å². The summed E-state index contributed by atoms with van der Waals surface area (Å²) in [6, 6.07) is 7.35. The van der Waals surface area contributed by atoms with Crippen LogP contribution in [-0.2, 0) is 16.1 Å². The minimum absolute atomic E-state index is 0.00448. The Balaban J connectivity index is 2.40. The SMILES string of the molecule is COCCCN(C)C(C)C(=O)NCc1ccccc1Cl. The number of hydrogen-bond donors (Lipinski definition) is 1. The summed E-state index contributed by atoms with van der Waals surface area (Å²) in [6.45, 7) is 3.89. The van der Waals surface area contributed by atoms with Crippen LogP contribution in [0.5, 0.6) is 0 Å². The molecule has 0 heterocycles. The van der Waals surface area contributed by atoms with E-state index in [9.17, 15) is 4.79 Å². The van der Waals surface area contributed by atoms with Crippen LogP contribution in [0.15, 0.2) is 24.3 Å². The number of halogens is 1. The number of nitrogens with zero attached hydrogens (tertiary/aromatic N) is 1. The van der Waals surface area contributed by atoms with Gasteiger partial charge in [-0.05, 0) is 32.0 Å². The largest absolute Gasteiger partial charge is 0.385 e. The molecule has 112 valence electrons. The molecule has 1 N–H and O–H groups in total. The van der Waals surface area contributed by atoms with Gasteiger partial charge in [0.15, 0.2) is 0 Å². The first-order valence-corrected chi connectivity index (χ1v) is 7.14. The highest BCUT2D eigenvalue weighted by molar-refractivity contribution is 6.31. The number of likely N-dealkylation sites (N-methyl/N-ethyl adjacent to an activating group) is 1. The molecule has 4 nitrogen and oxygen atoms in total. The quantitative estimate of drug-likeness (QED) is 0.749. The fourth-order valence-corrected chi connectivity index (χ4v) is 2.03. The smallest absolute Gasteiger partial charge is 0.237 e. The van der Waals surface area contributed by atoms with E-state index in [1.807, 2.05) is 43.1 Å². The van der Waals surface area contributed by atoms with E-state index >= 15 is 0 Å². The van der Waals surface area contributed by atoms with Crippen molar-refractivity contribution >= 4 is 17.5 Å². The Morgan fingerprint density at radius 2 is 2.15 bits per heavy atom. The van der Waals surface area contributed by atoms with Gasteiger partial charge in [0, 0.05) is 31.8 Å². The minimum Gasteiger partial charge on any atom is -0.385 e. The Bertz CT molecular complexity index is 426. The van der Waals surface area contributed by atoms with Crippen LogP contribution in [-0.4, -0.2) is 44.2 Å². The lowest BCUT2D eigenvalue weighted by molar-refractivity contribution is -0.125. The molecule has 0 spiro atoms. The lowest BCUT2D eigenvalue weighted by Gasteiger charge is -2.23. The van der Waals surface area contributed by atoms with Crippen LogP contribution < -0.4 is 5.32 Å². The van der Waals surface area contributed by atoms with Gasteiger partial charge in [-0.25, -0.2) is 0 Å². The summed E-state index contributed by atoms with van der Waals surface area (Å²) in [5, 5.41) is 3.59. The van der Waals surface area contributed by atoms with Crippen molar-refractivity contribution in [1.82, 2.24) is 10.2 Å². The van der Waals surface area contributed by atoms with Gasteiger partial charge in [-0.15, -0.1) is 0 Å². The maximum Gasteiger partial charge on any atom is 0.237 e. The molecule has 0 bridgehead atoms. The molecule has 0 radical (unpaired) electrons. The number of rotatable bonds is 8. The van der Waals surface area contributed by atoms with Gasteiger partial charge in [0.05, 0.1) is 6.04 Å². The normalized spacial score (nSPS) is 12.4. The van der Waals surface area contributed by atoms with Crippen molar-refractivity contribution in [3.05, 3.63) is 34.9 Å². The highest BCUT2D eigenvalue weighted by Crippen LogP contribution is 2.14. The van der Waals surface area contributed by atoms with Crippen LogP contribution in [0, 0.1) is 0 Å². The van der Waals surface area contributed by atoms with Crippen molar-refractivity contribution in [3.63, 3.8) is 0 Å². The first kappa shape index (κ1) is 17.0. The molecule has 1 unspecified atom stereocenters. The van der Waals surface area contributed by atoms with Gasteiger partial charge in [-0.2, -0.15) is 0 Å². The lowest BCUT2D eigenvalue weighted by Crippen LogP contribution is -2.43. The Morgan fingerprint density at radius 3 is 2.80 bits per heavy atom. The maximum absolute atomic E-state index is 12.1. The Hall–Kier alpha value is -1.10. The van der Waals surface area contributed by atoms with Gasteiger partial charge in [0.25, 0.3) is 0 Å². The zero-order chi connectivity index (χ0) is 15.0. The van der Waals surface area contributed by atoms with Crippen LogP contribution in [0.1, 0.15) is 18.9 Å². The summed E-state index contributed by atoms with van der Waals surface area (Å²) >= 11 is 6.06. The van der Waals surface area contributed by atoms with E-state index in [2.05, 4.69) is 5.32 Å². The number of carbonyl (C=O) groups excluding carboxylic acids is 1. The molecule has 0 aliphatic rings. The number of ether oxygens (including phenoxy) is 1. The third-order valence-corrected chi connectivity index (χ3v) is 3.68. The summed E-state index contributed by atoms with van der Waals surface area (Å²) < 4.78 is 5.01. The molecule has 0 aliphatic heterocycles. The molecule has 20 heavy (non-hydrogen) atoms. The number of nitrogens with one attached hydrogen (secondary N) is 1. The molecule has 1 atom stereocenters. The summed E-state index contributed by atoms with van der Waals surface area (Å²) in [4.78, 5) is 14.1. The summed E-state index contributed by atoms with van der Waals surface area (Å²) in [6.07, 6.45) is 0.912. The van der Waals surface area contributed by atoms with Gasteiger partial charge in [0.2, 0.25) is 5.91 Å². The molecule has 1 rings (SSSR count). The van der Waals surface area contributed by atoms with E-state index in [0.29, 0.717) is 18.2 Å². The zero-order valence-electron chi connectivity index (χ0n) is 12.4. The Labute approximate surface area is 126 Å². The third-order valence-electron chi connectivity index (χ3n) is 3.31. The van der Waals surface area contributed by atoms with Gasteiger partial charge >= 0.3 is 0 Å². The minimum atomic E-state index is -0.172. The second-order valence-electron chi connectivity index (χ2n) is 4.81. The number of methoxy groups -OCH3 is 1. The van der Waals surface area contributed by atoms with E-state index in [0.717, 1.165) is 18.5 Å². The molecule has 0 aromatic heterocycles. The first-order chi connectivity index (χ1) is 9.56. The average molecular weight is 299 g/mol. The highest BCUT2D eigenvalue weighted by atomic mass is 35.5. The predicted octanol–water partition coefficient (Wildman–Crippen LogP) is 2.31. The second kappa shape index (κ2) is 8.95. The molecule has 1 aromatic rings. The summed E-state index contributed by atoms with van der Waals surface area (Å²) in [7, 11) is 3.62. The Morgan fingerprint density at radius 1 is 1.45 bits per heavy atom. The monoisotopic (exact) mass is 298 g/mol. The topological polar surface area (TPSA) is 41.6 Å². The average Bonchev–Trinajstić information content (AvgIpc) is 2.45. The third kappa shape index (κ3) is 5.49. The summed E-state index contributed by atoms with van der Waals surface area (Å²) in [5.41, 5.74) is 0.928. The van der Waals surface area contributed by atoms with Crippen molar-refractivity contribution in [3.8, 4) is 0 Å². The molecule has 1 aromatic carbocycles. The number of carbonyl (C=O) groups is 1. The van der Waals surface area contributed by atoms with Crippen molar-refractivity contribution < 1.29 is 9.53 Å². The number of benzene rings is 1. The molecule has 0 aliphatic carbocycles. The Kier molecular flexibility index (Phi) is 7.59. The van der Waals surface area contributed by atoms with Gasteiger partial charge in [0.1, 0.15) is 0 Å². The van der Waals surface area contributed by atoms with Crippen LogP contribution in [0.2, 0.25) is 5.02 Å². The van der Waals surface area contributed by atoms with Crippen LogP contribution in [0.3, 0.4) is 0 Å². The van der Waals surface area contributed by atoms with Crippen LogP contribution >= 0.6 is 11.6 Å². The predicted molar refractivity (Wildman–Crippen MR) is 81.9 cm³/mol. The van der Waals surface area contributed by atoms with Crippen molar-refractivity contribution in [1.29, 1.82) is 0 Å². The fraction of sp³-hybridized carbons (Fsp3) is 0.533. The van der Waals surface area contributed by atoms with Crippen LogP contribution in [0.4, 0.5) is 0 Å². The van der Waals surface area contributed by atoms with Gasteiger partial charge in [-0.3, -0.25) is 9.69 Å². The highest BCUT2D eigenvalue weighted by Gasteiger charge is 2.17. The molecular weight excluding hydrogens is 276 g/mol. The van der Waals surface area contributed by atoms with E-state index in [-0.39, 0.29) is 11.9 Å². The molecule has 0 saturated heterocycles. The second-order valence-corrected chi connectivity index (χ2v) is 5.22. The van der Waals surface area contributed by atoms with E-state index < -0.39 is 0 Å². The van der Waals surface area contributed by atoms with Crippen molar-refractivity contribution in [2.75, 3.05) is 27.3 Å². The molecular formula is C15H23ClN2O2. The number of hydrogen-bond acceptors (Lipinski definition) is 3. The van der Waals surface area contributed by atoms with Crippen LogP contribution in [0.25, 0.3) is 0 Å².